The number of rotatable bonds is 4. The lowest BCUT2D eigenvalue weighted by molar-refractivity contribution is -0.0135. The molecule has 0 spiro atoms. The summed E-state index contributed by atoms with van der Waals surface area (Å²) in [6.07, 6.45) is 8.90. The van der Waals surface area contributed by atoms with Crippen LogP contribution in [0.3, 0.4) is 0 Å². The van der Waals surface area contributed by atoms with Gasteiger partial charge >= 0.3 is 6.03 Å². The quantitative estimate of drug-likeness (QED) is 0.510. The molecule has 0 aromatic heterocycles. The Kier molecular flexibility index (Phi) is 4.59. The number of carbonyl (C=O) groups is 1. The molecule has 0 radical (unpaired) electrons. The Hall–Kier alpha value is -1.76. The number of amides is 2. The van der Waals surface area contributed by atoms with Crippen LogP contribution in [0.1, 0.15) is 44.1 Å². The standard InChI is InChI=1S/C19H24BrN3O3/c1-26-16-6-14(5-15(20)17(16)24)10-21-23-18(25)22-19-7-11-2-12(8-19)4-13(3-11)9-19/h5-6,10-13,24H,2-4,7-9H2,1H3,(H2,22,23,25)/b21-10-. The van der Waals surface area contributed by atoms with Crippen LogP contribution in [0.4, 0.5) is 4.79 Å². The molecule has 0 heterocycles. The number of carbonyl (C=O) groups excluding carboxylic acids is 1. The van der Waals surface area contributed by atoms with Gasteiger partial charge in [-0.3, -0.25) is 0 Å². The van der Waals surface area contributed by atoms with Crippen LogP contribution in [0.2, 0.25) is 0 Å². The second kappa shape index (κ2) is 6.76. The highest BCUT2D eigenvalue weighted by atomic mass is 79.9. The number of ether oxygens (including phenoxy) is 1. The van der Waals surface area contributed by atoms with Crippen molar-refractivity contribution in [2.45, 2.75) is 44.1 Å². The number of nitrogens with one attached hydrogen (secondary N) is 2. The Morgan fingerprint density at radius 1 is 1.27 bits per heavy atom. The van der Waals surface area contributed by atoms with Gasteiger partial charge in [0.1, 0.15) is 0 Å². The van der Waals surface area contributed by atoms with Crippen molar-refractivity contribution in [1.82, 2.24) is 10.7 Å². The van der Waals surface area contributed by atoms with Crippen molar-refractivity contribution in [3.8, 4) is 11.5 Å². The first-order valence-electron chi connectivity index (χ1n) is 9.14. The monoisotopic (exact) mass is 421 g/mol. The van der Waals surface area contributed by atoms with Gasteiger partial charge in [0, 0.05) is 5.54 Å². The van der Waals surface area contributed by atoms with Gasteiger partial charge in [0.05, 0.1) is 17.8 Å². The van der Waals surface area contributed by atoms with Crippen LogP contribution >= 0.6 is 15.9 Å². The Labute approximate surface area is 161 Å². The number of hydrogen-bond donors (Lipinski definition) is 3. The summed E-state index contributed by atoms with van der Waals surface area (Å²) in [5.74, 6) is 2.74. The number of benzene rings is 1. The predicted molar refractivity (Wildman–Crippen MR) is 103 cm³/mol. The van der Waals surface area contributed by atoms with Crippen molar-refractivity contribution < 1.29 is 14.6 Å². The summed E-state index contributed by atoms with van der Waals surface area (Å²) in [4.78, 5) is 12.4. The topological polar surface area (TPSA) is 83.0 Å². The molecule has 6 nitrogen and oxygen atoms in total. The molecule has 2 amide bonds. The van der Waals surface area contributed by atoms with E-state index in [-0.39, 0.29) is 17.3 Å². The van der Waals surface area contributed by atoms with Gasteiger partial charge in [0.25, 0.3) is 0 Å². The molecule has 7 heteroatoms. The van der Waals surface area contributed by atoms with Gasteiger partial charge in [0.2, 0.25) is 0 Å². The van der Waals surface area contributed by atoms with E-state index in [1.54, 1.807) is 12.1 Å². The van der Waals surface area contributed by atoms with Crippen LogP contribution in [0.5, 0.6) is 11.5 Å². The van der Waals surface area contributed by atoms with Crippen molar-refractivity contribution in [2.75, 3.05) is 7.11 Å². The number of aromatic hydroxyl groups is 1. The zero-order valence-electron chi connectivity index (χ0n) is 14.8. The lowest BCUT2D eigenvalue weighted by atomic mass is 9.53. The summed E-state index contributed by atoms with van der Waals surface area (Å²) in [5.41, 5.74) is 3.26. The molecule has 0 saturated heterocycles. The van der Waals surface area contributed by atoms with Gasteiger partial charge in [-0.2, -0.15) is 5.10 Å². The summed E-state index contributed by atoms with van der Waals surface area (Å²) >= 11 is 3.27. The SMILES string of the molecule is COc1cc(/C=N\NC(=O)NC23CC4CC(CC(C4)C2)C3)cc(Br)c1O. The Morgan fingerprint density at radius 2 is 1.88 bits per heavy atom. The van der Waals surface area contributed by atoms with Gasteiger partial charge in [-0.15, -0.1) is 0 Å². The fourth-order valence-electron chi connectivity index (χ4n) is 5.52. The van der Waals surface area contributed by atoms with Crippen LogP contribution in [0.15, 0.2) is 21.7 Å². The molecule has 0 atom stereocenters. The molecule has 1 aromatic carbocycles. The molecular formula is C19H24BrN3O3. The molecule has 26 heavy (non-hydrogen) atoms. The first kappa shape index (κ1) is 17.6. The van der Waals surface area contributed by atoms with Gasteiger partial charge < -0.3 is 15.2 Å². The van der Waals surface area contributed by atoms with E-state index in [9.17, 15) is 9.90 Å². The number of hydrazone groups is 1. The molecule has 5 rings (SSSR count). The smallest absolute Gasteiger partial charge is 0.335 e. The molecule has 0 aliphatic heterocycles. The lowest BCUT2D eigenvalue weighted by Gasteiger charge is -2.56. The van der Waals surface area contributed by atoms with E-state index >= 15 is 0 Å². The maximum Gasteiger partial charge on any atom is 0.335 e. The maximum atomic E-state index is 12.4. The van der Waals surface area contributed by atoms with Crippen molar-refractivity contribution in [3.05, 3.63) is 22.2 Å². The fraction of sp³-hybridized carbons (Fsp3) is 0.579. The predicted octanol–water partition coefficient (Wildman–Crippen LogP) is 3.77. The minimum atomic E-state index is -0.243. The highest BCUT2D eigenvalue weighted by molar-refractivity contribution is 9.10. The molecule has 140 valence electrons. The van der Waals surface area contributed by atoms with E-state index < -0.39 is 0 Å². The maximum absolute atomic E-state index is 12.4. The summed E-state index contributed by atoms with van der Waals surface area (Å²) in [7, 11) is 1.49. The Balaban J connectivity index is 1.37. The fourth-order valence-corrected chi connectivity index (χ4v) is 5.98. The van der Waals surface area contributed by atoms with Crippen molar-refractivity contribution in [1.29, 1.82) is 0 Å². The summed E-state index contributed by atoms with van der Waals surface area (Å²) in [6.45, 7) is 0. The third kappa shape index (κ3) is 3.41. The van der Waals surface area contributed by atoms with Crippen molar-refractivity contribution in [2.24, 2.45) is 22.9 Å². The van der Waals surface area contributed by atoms with Crippen LogP contribution in [-0.4, -0.2) is 30.0 Å². The zero-order chi connectivity index (χ0) is 18.3. The Morgan fingerprint density at radius 3 is 2.46 bits per heavy atom. The molecule has 0 unspecified atom stereocenters. The Bertz CT molecular complexity index is 715. The summed E-state index contributed by atoms with van der Waals surface area (Å²) in [5, 5.41) is 17.1. The second-order valence-corrected chi connectivity index (χ2v) is 8.93. The van der Waals surface area contributed by atoms with E-state index in [0.717, 1.165) is 37.0 Å². The zero-order valence-corrected chi connectivity index (χ0v) is 16.4. The van der Waals surface area contributed by atoms with Gasteiger partial charge in [0.15, 0.2) is 11.5 Å². The van der Waals surface area contributed by atoms with Crippen LogP contribution in [0, 0.1) is 17.8 Å². The number of nitrogens with zero attached hydrogens (tertiary/aromatic N) is 1. The van der Waals surface area contributed by atoms with E-state index in [1.165, 1.54) is 32.6 Å². The number of phenols is 1. The van der Waals surface area contributed by atoms with E-state index in [2.05, 4.69) is 31.8 Å². The number of urea groups is 1. The highest BCUT2D eigenvalue weighted by Gasteiger charge is 2.51. The molecular weight excluding hydrogens is 398 g/mol. The molecule has 4 aliphatic rings. The number of halogens is 1. The molecule has 4 fully saturated rings. The molecule has 4 aliphatic carbocycles. The molecule has 4 saturated carbocycles. The van der Waals surface area contributed by atoms with Gasteiger partial charge in [-0.05, 0) is 89.9 Å². The molecule has 4 bridgehead atoms. The third-order valence-corrected chi connectivity index (χ3v) is 6.67. The van der Waals surface area contributed by atoms with Crippen LogP contribution in [0.25, 0.3) is 0 Å². The van der Waals surface area contributed by atoms with Crippen LogP contribution in [-0.2, 0) is 0 Å². The lowest BCUT2D eigenvalue weighted by Crippen LogP contribution is -2.61. The molecule has 1 aromatic rings. The summed E-state index contributed by atoms with van der Waals surface area (Å²) < 4.78 is 5.62. The summed E-state index contributed by atoms with van der Waals surface area (Å²) in [6, 6.07) is 3.12. The first-order chi connectivity index (χ1) is 12.5. The minimum absolute atomic E-state index is 0.0286. The van der Waals surface area contributed by atoms with Crippen molar-refractivity contribution >= 4 is 28.2 Å². The number of hydrogen-bond acceptors (Lipinski definition) is 4. The first-order valence-corrected chi connectivity index (χ1v) is 9.93. The highest BCUT2D eigenvalue weighted by Crippen LogP contribution is 2.55. The largest absolute Gasteiger partial charge is 0.503 e. The minimum Gasteiger partial charge on any atom is -0.503 e. The normalized spacial score (nSPS) is 32.0. The number of methoxy groups -OCH3 is 1. The van der Waals surface area contributed by atoms with E-state index in [4.69, 9.17) is 4.74 Å². The second-order valence-electron chi connectivity index (χ2n) is 8.08. The average molecular weight is 422 g/mol. The van der Waals surface area contributed by atoms with Crippen molar-refractivity contribution in [3.63, 3.8) is 0 Å². The average Bonchev–Trinajstić information content (AvgIpc) is 2.56. The van der Waals surface area contributed by atoms with Gasteiger partial charge in [-0.25, -0.2) is 10.2 Å². The van der Waals surface area contributed by atoms with Gasteiger partial charge in [-0.1, -0.05) is 0 Å². The third-order valence-electron chi connectivity index (χ3n) is 6.07. The number of phenolic OH excluding ortho intramolecular Hbond substituents is 1. The van der Waals surface area contributed by atoms with Crippen LogP contribution < -0.4 is 15.5 Å². The van der Waals surface area contributed by atoms with E-state index in [0.29, 0.717) is 15.8 Å². The molecule has 3 N–H and O–H groups in total. The van der Waals surface area contributed by atoms with E-state index in [1.807, 2.05) is 0 Å².